The fraction of sp³-hybridized carbons (Fsp3) is 0.778. The zero-order chi connectivity index (χ0) is 6.69. The van der Waals surface area contributed by atoms with E-state index in [9.17, 15) is 0 Å². The fourth-order valence-corrected chi connectivity index (χ4v) is 1.64. The van der Waals surface area contributed by atoms with Crippen LogP contribution >= 0.6 is 0 Å². The molecule has 0 spiro atoms. The molecule has 0 aromatic heterocycles. The summed E-state index contributed by atoms with van der Waals surface area (Å²) >= 11 is 0. The van der Waals surface area contributed by atoms with Gasteiger partial charge in [-0.05, 0) is 24.7 Å². The molecule has 0 saturated heterocycles. The summed E-state index contributed by atoms with van der Waals surface area (Å²) in [7, 11) is 0. The molecule has 1 fully saturated rings. The highest BCUT2D eigenvalue weighted by molar-refractivity contribution is 5.11. The molecule has 0 aromatic rings. The standard InChI is InChI=1S/C7H10.C2H6/c1-2-6-4-5-7(6)3-1;1-2/h4-7H,1-3H2;1-2H3. The summed E-state index contributed by atoms with van der Waals surface area (Å²) in [6.07, 6.45) is 9.14. The first kappa shape index (κ1) is 6.85. The average Bonchev–Trinajstić information content (AvgIpc) is 2.17. The summed E-state index contributed by atoms with van der Waals surface area (Å²) in [5.74, 6) is 2.03. The molecule has 0 bridgehead atoms. The Morgan fingerprint density at radius 1 is 1.00 bits per heavy atom. The molecule has 2 aliphatic carbocycles. The first-order chi connectivity index (χ1) is 4.47. The zero-order valence-corrected chi connectivity index (χ0v) is 6.43. The van der Waals surface area contributed by atoms with Gasteiger partial charge in [0.2, 0.25) is 0 Å². The average molecular weight is 124 g/mol. The Kier molecular flexibility index (Phi) is 2.32. The monoisotopic (exact) mass is 124 g/mol. The van der Waals surface area contributed by atoms with Gasteiger partial charge in [-0.3, -0.25) is 0 Å². The van der Waals surface area contributed by atoms with Crippen LogP contribution in [0.15, 0.2) is 12.2 Å². The SMILES string of the molecule is C1=CC2CCCC12.CC. The van der Waals surface area contributed by atoms with E-state index in [0.717, 1.165) is 11.8 Å². The summed E-state index contributed by atoms with van der Waals surface area (Å²) in [4.78, 5) is 0. The molecule has 0 heterocycles. The molecule has 9 heavy (non-hydrogen) atoms. The smallest absolute Gasteiger partial charge is 0.0170 e. The van der Waals surface area contributed by atoms with E-state index in [0.29, 0.717) is 0 Å². The molecule has 0 aromatic carbocycles. The van der Waals surface area contributed by atoms with Gasteiger partial charge in [0.1, 0.15) is 0 Å². The van der Waals surface area contributed by atoms with Crippen molar-refractivity contribution in [2.24, 2.45) is 11.8 Å². The Morgan fingerprint density at radius 3 is 1.67 bits per heavy atom. The Balaban J connectivity index is 0.000000186. The lowest BCUT2D eigenvalue weighted by molar-refractivity contribution is 0.501. The van der Waals surface area contributed by atoms with Crippen molar-refractivity contribution in [3.05, 3.63) is 12.2 Å². The summed E-state index contributed by atoms with van der Waals surface area (Å²) < 4.78 is 0. The molecule has 0 heteroatoms. The highest BCUT2D eigenvalue weighted by Crippen LogP contribution is 2.39. The minimum Gasteiger partial charge on any atom is -0.0845 e. The normalized spacial score (nSPS) is 36.2. The molecule has 0 nitrogen and oxygen atoms in total. The van der Waals surface area contributed by atoms with Gasteiger partial charge in [-0.1, -0.05) is 32.4 Å². The van der Waals surface area contributed by atoms with Gasteiger partial charge in [-0.15, -0.1) is 0 Å². The maximum atomic E-state index is 2.36. The largest absolute Gasteiger partial charge is 0.0845 e. The third-order valence-corrected chi connectivity index (χ3v) is 2.23. The minimum atomic E-state index is 1.01. The van der Waals surface area contributed by atoms with Crippen LogP contribution in [-0.4, -0.2) is 0 Å². The van der Waals surface area contributed by atoms with E-state index in [1.807, 2.05) is 13.8 Å². The summed E-state index contributed by atoms with van der Waals surface area (Å²) in [6.45, 7) is 4.00. The van der Waals surface area contributed by atoms with Gasteiger partial charge in [-0.25, -0.2) is 0 Å². The maximum Gasteiger partial charge on any atom is -0.0170 e. The van der Waals surface area contributed by atoms with Crippen LogP contribution in [0.1, 0.15) is 33.1 Å². The Labute approximate surface area is 58.0 Å². The van der Waals surface area contributed by atoms with E-state index >= 15 is 0 Å². The lowest BCUT2D eigenvalue weighted by atomic mass is 9.86. The molecule has 2 unspecified atom stereocenters. The fourth-order valence-electron chi connectivity index (χ4n) is 1.64. The van der Waals surface area contributed by atoms with Crippen LogP contribution in [0.3, 0.4) is 0 Å². The van der Waals surface area contributed by atoms with Crippen LogP contribution in [0.2, 0.25) is 0 Å². The summed E-state index contributed by atoms with van der Waals surface area (Å²) in [6, 6.07) is 0. The molecule has 0 radical (unpaired) electrons. The Hall–Kier alpha value is -0.260. The van der Waals surface area contributed by atoms with Crippen LogP contribution in [0.4, 0.5) is 0 Å². The van der Waals surface area contributed by atoms with E-state index in [2.05, 4.69) is 12.2 Å². The Morgan fingerprint density at radius 2 is 1.44 bits per heavy atom. The van der Waals surface area contributed by atoms with Crippen molar-refractivity contribution in [3.63, 3.8) is 0 Å². The second kappa shape index (κ2) is 3.05. The van der Waals surface area contributed by atoms with Gasteiger partial charge in [0.25, 0.3) is 0 Å². The summed E-state index contributed by atoms with van der Waals surface area (Å²) in [5.41, 5.74) is 0. The van der Waals surface area contributed by atoms with Crippen molar-refractivity contribution in [3.8, 4) is 0 Å². The molecule has 0 amide bonds. The van der Waals surface area contributed by atoms with Gasteiger partial charge >= 0.3 is 0 Å². The lowest BCUT2D eigenvalue weighted by Crippen LogP contribution is -2.09. The second-order valence-electron chi connectivity index (χ2n) is 2.64. The van der Waals surface area contributed by atoms with Crippen molar-refractivity contribution in [2.75, 3.05) is 0 Å². The number of allylic oxidation sites excluding steroid dienone is 2. The van der Waals surface area contributed by atoms with Crippen molar-refractivity contribution in [2.45, 2.75) is 33.1 Å². The van der Waals surface area contributed by atoms with Gasteiger partial charge < -0.3 is 0 Å². The number of hydrogen-bond donors (Lipinski definition) is 0. The third kappa shape index (κ3) is 1.17. The molecule has 2 rings (SSSR count). The zero-order valence-electron chi connectivity index (χ0n) is 6.43. The van der Waals surface area contributed by atoms with E-state index < -0.39 is 0 Å². The summed E-state index contributed by atoms with van der Waals surface area (Å²) in [5, 5.41) is 0. The van der Waals surface area contributed by atoms with E-state index in [-0.39, 0.29) is 0 Å². The van der Waals surface area contributed by atoms with Gasteiger partial charge in [0, 0.05) is 0 Å². The second-order valence-corrected chi connectivity index (χ2v) is 2.64. The van der Waals surface area contributed by atoms with Crippen molar-refractivity contribution in [1.29, 1.82) is 0 Å². The van der Waals surface area contributed by atoms with Crippen LogP contribution in [-0.2, 0) is 0 Å². The molecule has 2 atom stereocenters. The number of rotatable bonds is 0. The quantitative estimate of drug-likeness (QED) is 0.435. The maximum absolute atomic E-state index is 2.36. The van der Waals surface area contributed by atoms with E-state index in [1.54, 1.807) is 0 Å². The van der Waals surface area contributed by atoms with Gasteiger partial charge in [0.15, 0.2) is 0 Å². The topological polar surface area (TPSA) is 0 Å². The first-order valence-corrected chi connectivity index (χ1v) is 4.15. The predicted octanol–water partition coefficient (Wildman–Crippen LogP) is 3.00. The van der Waals surface area contributed by atoms with E-state index in [4.69, 9.17) is 0 Å². The molecular formula is C9H16. The van der Waals surface area contributed by atoms with Crippen molar-refractivity contribution in [1.82, 2.24) is 0 Å². The minimum absolute atomic E-state index is 1.01. The lowest BCUT2D eigenvalue weighted by Gasteiger charge is -2.19. The molecule has 2 aliphatic rings. The van der Waals surface area contributed by atoms with Crippen LogP contribution in [0.25, 0.3) is 0 Å². The van der Waals surface area contributed by atoms with Crippen molar-refractivity contribution >= 4 is 0 Å². The van der Waals surface area contributed by atoms with Crippen LogP contribution < -0.4 is 0 Å². The number of hydrogen-bond acceptors (Lipinski definition) is 0. The highest BCUT2D eigenvalue weighted by atomic mass is 14.3. The predicted molar refractivity (Wildman–Crippen MR) is 41.3 cm³/mol. The molecule has 52 valence electrons. The highest BCUT2D eigenvalue weighted by Gasteiger charge is 2.28. The van der Waals surface area contributed by atoms with Gasteiger partial charge in [0.05, 0.1) is 0 Å². The Bertz CT molecular complexity index is 90.6. The van der Waals surface area contributed by atoms with Crippen LogP contribution in [0.5, 0.6) is 0 Å². The van der Waals surface area contributed by atoms with Gasteiger partial charge in [-0.2, -0.15) is 0 Å². The molecule has 1 saturated carbocycles. The molecule has 0 N–H and O–H groups in total. The first-order valence-electron chi connectivity index (χ1n) is 4.15. The van der Waals surface area contributed by atoms with E-state index in [1.165, 1.54) is 19.3 Å². The molecule has 0 aliphatic heterocycles. The van der Waals surface area contributed by atoms with Crippen LogP contribution in [0, 0.1) is 11.8 Å². The van der Waals surface area contributed by atoms with Crippen molar-refractivity contribution < 1.29 is 0 Å². The molecular weight excluding hydrogens is 108 g/mol. The number of fused-ring (bicyclic) bond motifs is 1. The third-order valence-electron chi connectivity index (χ3n) is 2.23.